The van der Waals surface area contributed by atoms with Crippen LogP contribution in [-0.4, -0.2) is 62.0 Å². The number of ether oxygens (including phenoxy) is 1. The van der Waals surface area contributed by atoms with E-state index in [9.17, 15) is 5.26 Å². The van der Waals surface area contributed by atoms with Gasteiger partial charge in [0.05, 0.1) is 22.8 Å². The molecule has 0 unspecified atom stereocenters. The van der Waals surface area contributed by atoms with Crippen molar-refractivity contribution >= 4 is 34.5 Å². The maximum Gasteiger partial charge on any atom is 0.137 e. The molecule has 0 amide bonds. The van der Waals surface area contributed by atoms with Gasteiger partial charge in [-0.15, -0.1) is 0 Å². The second kappa shape index (κ2) is 14.5. The number of rotatable bonds is 12. The zero-order valence-corrected chi connectivity index (χ0v) is 19.5. The number of benzene rings is 2. The highest BCUT2D eigenvalue weighted by molar-refractivity contribution is 7.80. The molecule has 0 aromatic heterocycles. The summed E-state index contributed by atoms with van der Waals surface area (Å²) in [5.74, 6) is 0.545. The van der Waals surface area contributed by atoms with Gasteiger partial charge in [-0.1, -0.05) is 56.4 Å². The zero-order chi connectivity index (χ0) is 22.6. The Morgan fingerprint density at radius 1 is 1.28 bits per heavy atom. The first-order chi connectivity index (χ1) is 15.0. The highest BCUT2D eigenvalue weighted by atomic mass is 35.5. The third-order valence-electron chi connectivity index (χ3n) is 4.69. The Kier molecular flexibility index (Phi) is 12.5. The number of nitriles is 1. The molecule has 0 fully saturated rings. The van der Waals surface area contributed by atoms with Crippen LogP contribution in [0.1, 0.15) is 31.0 Å². The average Bonchev–Trinajstić information content (AvgIpc) is 2.77. The highest BCUT2D eigenvalue weighted by Crippen LogP contribution is 2.24. The molecule has 0 aliphatic heterocycles. The summed E-state index contributed by atoms with van der Waals surface area (Å²) in [5.41, 5.74) is 8.21. The first kappa shape index (κ1) is 27.5. The van der Waals surface area contributed by atoms with Crippen molar-refractivity contribution in [2.45, 2.75) is 14.4 Å². The van der Waals surface area contributed by atoms with Gasteiger partial charge < -0.3 is 15.8 Å². The molecule has 0 radical (unpaired) electrons. The van der Waals surface area contributed by atoms with E-state index < -0.39 is 0 Å². The van der Waals surface area contributed by atoms with Crippen LogP contribution in [0.25, 0.3) is 0 Å². The van der Waals surface area contributed by atoms with E-state index in [1.165, 1.54) is 0 Å². The highest BCUT2D eigenvalue weighted by Gasteiger charge is 2.14. The molecule has 172 valence electrons. The number of likely N-dealkylation sites (N-methyl/N-ethyl adjacent to an activating group) is 2. The van der Waals surface area contributed by atoms with Crippen molar-refractivity contribution in [2.24, 2.45) is 10.7 Å². The topological polar surface area (TPSA) is 86.7 Å². The van der Waals surface area contributed by atoms with Crippen molar-refractivity contribution in [2.75, 3.05) is 46.4 Å². The van der Waals surface area contributed by atoms with Gasteiger partial charge in [0.1, 0.15) is 18.4 Å². The lowest BCUT2D eigenvalue weighted by atomic mass is 10.00. The molecule has 0 spiro atoms. The molecule has 6 nitrogen and oxygen atoms in total. The fourth-order valence-corrected chi connectivity index (χ4v) is 3.31. The second-order valence-corrected chi connectivity index (χ2v) is 7.75. The van der Waals surface area contributed by atoms with Crippen LogP contribution in [0, 0.1) is 11.3 Å². The van der Waals surface area contributed by atoms with Crippen LogP contribution in [-0.2, 0) is 0 Å². The van der Waals surface area contributed by atoms with E-state index in [2.05, 4.69) is 28.2 Å². The lowest BCUT2D eigenvalue weighted by Crippen LogP contribution is -2.33. The Labute approximate surface area is 202 Å². The zero-order valence-electron chi connectivity index (χ0n) is 17.9. The van der Waals surface area contributed by atoms with Crippen molar-refractivity contribution in [1.29, 1.82) is 5.26 Å². The smallest absolute Gasteiger partial charge is 0.137 e. The monoisotopic (exact) mass is 473 g/mol. The summed E-state index contributed by atoms with van der Waals surface area (Å²) in [6, 6.07) is 15.1. The Morgan fingerprint density at radius 2 is 2.03 bits per heavy atom. The van der Waals surface area contributed by atoms with E-state index in [1.54, 1.807) is 18.2 Å². The molecule has 0 aliphatic rings. The minimum Gasteiger partial charge on any atom is -0.491 e. The SMILES string of the molecule is C.CCN(CCNC)CCOc1ccc(C(=NCC(N)=S)c2ccccc2Cl)cc1C#N. The van der Waals surface area contributed by atoms with Gasteiger partial charge in [0, 0.05) is 35.8 Å². The Bertz CT molecular complexity index is 958. The van der Waals surface area contributed by atoms with Gasteiger partial charge in [0.25, 0.3) is 0 Å². The van der Waals surface area contributed by atoms with Crippen LogP contribution in [0.3, 0.4) is 0 Å². The van der Waals surface area contributed by atoms with Crippen molar-refractivity contribution < 1.29 is 4.74 Å². The predicted molar refractivity (Wildman–Crippen MR) is 138 cm³/mol. The summed E-state index contributed by atoms with van der Waals surface area (Å²) >= 11 is 11.4. The summed E-state index contributed by atoms with van der Waals surface area (Å²) in [6.45, 7) is 6.39. The van der Waals surface area contributed by atoms with Crippen LogP contribution < -0.4 is 15.8 Å². The van der Waals surface area contributed by atoms with Gasteiger partial charge >= 0.3 is 0 Å². The summed E-state index contributed by atoms with van der Waals surface area (Å²) in [6.07, 6.45) is 0. The third kappa shape index (κ3) is 8.21. The lowest BCUT2D eigenvalue weighted by molar-refractivity contribution is 0.216. The van der Waals surface area contributed by atoms with Gasteiger partial charge in [0.2, 0.25) is 0 Å². The van der Waals surface area contributed by atoms with Crippen LogP contribution in [0.2, 0.25) is 5.02 Å². The number of aliphatic imine (C=N–C) groups is 1. The standard InChI is InChI=1S/C23H28ClN5OS.CH4/c1-3-29(11-10-27-2)12-13-30-21-9-8-17(14-18(21)15-25)23(28-16-22(26)31)19-6-4-5-7-20(19)24;/h4-9,14,27H,3,10-13,16H2,1-2H3,(H2,26,31);1H4. The van der Waals surface area contributed by atoms with E-state index in [0.29, 0.717) is 28.7 Å². The molecule has 0 bridgehead atoms. The third-order valence-corrected chi connectivity index (χ3v) is 5.14. The Morgan fingerprint density at radius 3 is 2.66 bits per heavy atom. The molecular formula is C24H32ClN5OS. The minimum absolute atomic E-state index is 0. The van der Waals surface area contributed by atoms with Crippen molar-refractivity contribution in [3.05, 3.63) is 64.2 Å². The predicted octanol–water partition coefficient (Wildman–Crippen LogP) is 3.89. The van der Waals surface area contributed by atoms with Crippen molar-refractivity contribution in [3.8, 4) is 11.8 Å². The van der Waals surface area contributed by atoms with Crippen LogP contribution in [0.15, 0.2) is 47.5 Å². The fraction of sp³-hybridized carbons (Fsp3) is 0.375. The molecule has 0 aliphatic carbocycles. The van der Waals surface area contributed by atoms with E-state index in [0.717, 1.165) is 37.3 Å². The molecule has 2 aromatic rings. The Balaban J connectivity index is 0.00000512. The molecule has 2 aromatic carbocycles. The van der Waals surface area contributed by atoms with Gasteiger partial charge in [-0.25, -0.2) is 0 Å². The first-order valence-electron chi connectivity index (χ1n) is 10.1. The Hall–Kier alpha value is -2.50. The van der Waals surface area contributed by atoms with Crippen LogP contribution in [0.4, 0.5) is 0 Å². The number of nitrogens with zero attached hydrogens (tertiary/aromatic N) is 3. The molecule has 0 saturated heterocycles. The quantitative estimate of drug-likeness (QED) is 0.359. The fourth-order valence-electron chi connectivity index (χ4n) is 3.02. The first-order valence-corrected chi connectivity index (χ1v) is 10.9. The number of nitrogens with one attached hydrogen (secondary N) is 1. The van der Waals surface area contributed by atoms with E-state index in [4.69, 9.17) is 34.3 Å². The van der Waals surface area contributed by atoms with Crippen LogP contribution >= 0.6 is 23.8 Å². The summed E-state index contributed by atoms with van der Waals surface area (Å²) < 4.78 is 5.91. The maximum atomic E-state index is 9.68. The number of hydrogen-bond donors (Lipinski definition) is 2. The number of thiocarbonyl (C=S) groups is 1. The molecular weight excluding hydrogens is 442 g/mol. The summed E-state index contributed by atoms with van der Waals surface area (Å²) in [4.78, 5) is 7.13. The van der Waals surface area contributed by atoms with Crippen molar-refractivity contribution in [1.82, 2.24) is 10.2 Å². The number of halogens is 1. The molecule has 0 heterocycles. The summed E-state index contributed by atoms with van der Waals surface area (Å²) in [7, 11) is 1.94. The van der Waals surface area contributed by atoms with Gasteiger partial charge in [0.15, 0.2) is 0 Å². The van der Waals surface area contributed by atoms with Gasteiger partial charge in [-0.3, -0.25) is 9.89 Å². The summed E-state index contributed by atoms with van der Waals surface area (Å²) in [5, 5.41) is 13.4. The molecule has 32 heavy (non-hydrogen) atoms. The number of nitrogens with two attached hydrogens (primary N) is 1. The minimum atomic E-state index is 0. The maximum absolute atomic E-state index is 9.68. The molecule has 0 saturated carbocycles. The number of hydrogen-bond acceptors (Lipinski definition) is 6. The molecule has 3 N–H and O–H groups in total. The van der Waals surface area contributed by atoms with Gasteiger partial charge in [-0.05, 0) is 37.9 Å². The molecule has 0 atom stereocenters. The van der Waals surface area contributed by atoms with Crippen molar-refractivity contribution in [3.63, 3.8) is 0 Å². The van der Waals surface area contributed by atoms with Gasteiger partial charge in [-0.2, -0.15) is 5.26 Å². The van der Waals surface area contributed by atoms with E-state index >= 15 is 0 Å². The molecule has 8 heteroatoms. The second-order valence-electron chi connectivity index (χ2n) is 6.82. The normalized spacial score (nSPS) is 11.0. The van der Waals surface area contributed by atoms with E-state index in [1.807, 2.05) is 31.3 Å². The lowest BCUT2D eigenvalue weighted by Gasteiger charge is -2.20. The molecule has 2 rings (SSSR count). The van der Waals surface area contributed by atoms with E-state index in [-0.39, 0.29) is 19.0 Å². The van der Waals surface area contributed by atoms with Crippen LogP contribution in [0.5, 0.6) is 5.75 Å². The largest absolute Gasteiger partial charge is 0.491 e. The average molecular weight is 474 g/mol.